The van der Waals surface area contributed by atoms with Crippen LogP contribution in [-0.2, 0) is 4.79 Å². The molecule has 0 radical (unpaired) electrons. The molecule has 0 saturated carbocycles. The summed E-state index contributed by atoms with van der Waals surface area (Å²) in [6.45, 7) is 4.70. The van der Waals surface area contributed by atoms with Crippen molar-refractivity contribution in [3.8, 4) is 0 Å². The smallest absolute Gasteiger partial charge is 0.227 e. The fourth-order valence-corrected chi connectivity index (χ4v) is 3.73. The van der Waals surface area contributed by atoms with Crippen molar-refractivity contribution in [2.45, 2.75) is 19.8 Å². The third-order valence-electron chi connectivity index (χ3n) is 5.00. The van der Waals surface area contributed by atoms with Gasteiger partial charge in [0.2, 0.25) is 5.91 Å². The molecule has 3 heterocycles. The molecule has 118 valence electrons. The molecule has 5 nitrogen and oxygen atoms in total. The molecule has 1 aromatic heterocycles. The van der Waals surface area contributed by atoms with Gasteiger partial charge in [0.15, 0.2) is 0 Å². The van der Waals surface area contributed by atoms with E-state index in [1.165, 1.54) is 5.56 Å². The van der Waals surface area contributed by atoms with Gasteiger partial charge in [-0.3, -0.25) is 4.79 Å². The van der Waals surface area contributed by atoms with Crippen LogP contribution in [0, 0.1) is 12.3 Å². The third-order valence-corrected chi connectivity index (χ3v) is 5.00. The summed E-state index contributed by atoms with van der Waals surface area (Å²) >= 11 is 0. The van der Waals surface area contributed by atoms with Gasteiger partial charge in [0, 0.05) is 43.4 Å². The van der Waals surface area contributed by atoms with Crippen LogP contribution in [0.4, 0.5) is 11.5 Å². The fourth-order valence-electron chi connectivity index (χ4n) is 3.73. The molecule has 23 heavy (non-hydrogen) atoms. The van der Waals surface area contributed by atoms with Crippen LogP contribution in [0.25, 0.3) is 0 Å². The molecule has 5 heteroatoms. The molecule has 0 N–H and O–H groups in total. The highest BCUT2D eigenvalue weighted by Crippen LogP contribution is 2.42. The summed E-state index contributed by atoms with van der Waals surface area (Å²) < 4.78 is 0. The highest BCUT2D eigenvalue weighted by atomic mass is 16.2. The number of aryl methyl sites for hydroxylation is 1. The fraction of sp³-hybridized carbons (Fsp3) is 0.389. The van der Waals surface area contributed by atoms with Crippen LogP contribution in [0.1, 0.15) is 18.4 Å². The Morgan fingerprint density at radius 2 is 1.96 bits per heavy atom. The number of aromatic nitrogens is 2. The first-order chi connectivity index (χ1) is 11.2. The average molecular weight is 308 g/mol. The van der Waals surface area contributed by atoms with Gasteiger partial charge in [0.25, 0.3) is 0 Å². The van der Waals surface area contributed by atoms with Crippen LogP contribution in [0.5, 0.6) is 0 Å². The number of anilines is 2. The van der Waals surface area contributed by atoms with Crippen molar-refractivity contribution in [3.63, 3.8) is 0 Å². The summed E-state index contributed by atoms with van der Waals surface area (Å²) in [5.74, 6) is 1.19. The van der Waals surface area contributed by atoms with E-state index in [-0.39, 0.29) is 11.3 Å². The predicted octanol–water partition coefficient (Wildman–Crippen LogP) is 2.42. The lowest BCUT2D eigenvalue weighted by Crippen LogP contribution is -2.31. The predicted molar refractivity (Wildman–Crippen MR) is 89.4 cm³/mol. The molecule has 0 bridgehead atoms. The van der Waals surface area contributed by atoms with Gasteiger partial charge in [-0.2, -0.15) is 0 Å². The monoisotopic (exact) mass is 308 g/mol. The number of hydrogen-bond acceptors (Lipinski definition) is 4. The molecule has 1 spiro atoms. The molecule has 1 amide bonds. The summed E-state index contributed by atoms with van der Waals surface area (Å²) in [6.07, 6.45) is 5.01. The van der Waals surface area contributed by atoms with Gasteiger partial charge in [-0.1, -0.05) is 17.7 Å². The Balaban J connectivity index is 1.53. The van der Waals surface area contributed by atoms with Crippen LogP contribution in [0.2, 0.25) is 0 Å². The maximum absolute atomic E-state index is 12.5. The standard InChI is InChI=1S/C18H20N4O/c1-14-2-4-15(5-3-14)22-12-18(10-17(22)23)7-9-21(11-18)16-6-8-19-13-20-16/h2-6,8,13H,7,9-12H2,1H3/t18-/m1/s1. The normalized spacial score (nSPS) is 24.0. The van der Waals surface area contributed by atoms with Crippen LogP contribution >= 0.6 is 0 Å². The highest BCUT2D eigenvalue weighted by Gasteiger charge is 2.48. The number of amides is 1. The van der Waals surface area contributed by atoms with E-state index in [1.807, 2.05) is 23.1 Å². The van der Waals surface area contributed by atoms with Gasteiger partial charge in [0.1, 0.15) is 12.1 Å². The van der Waals surface area contributed by atoms with E-state index in [0.717, 1.165) is 37.6 Å². The Labute approximate surface area is 136 Å². The number of hydrogen-bond donors (Lipinski definition) is 0. The molecule has 0 aliphatic carbocycles. The van der Waals surface area contributed by atoms with Crippen molar-refractivity contribution in [1.29, 1.82) is 0 Å². The van der Waals surface area contributed by atoms with Gasteiger partial charge < -0.3 is 9.80 Å². The zero-order chi connectivity index (χ0) is 15.9. The lowest BCUT2D eigenvalue weighted by Gasteiger charge is -2.24. The minimum atomic E-state index is 0.0485. The Bertz CT molecular complexity index is 716. The summed E-state index contributed by atoms with van der Waals surface area (Å²) in [7, 11) is 0. The maximum Gasteiger partial charge on any atom is 0.227 e. The quantitative estimate of drug-likeness (QED) is 0.855. The van der Waals surface area contributed by atoms with Gasteiger partial charge in [-0.05, 0) is 31.5 Å². The second kappa shape index (κ2) is 5.33. The zero-order valence-electron chi connectivity index (χ0n) is 13.3. The first-order valence-electron chi connectivity index (χ1n) is 8.03. The number of carbonyl (C=O) groups is 1. The van der Waals surface area contributed by atoms with Gasteiger partial charge in [0.05, 0.1) is 0 Å². The van der Waals surface area contributed by atoms with E-state index in [9.17, 15) is 4.79 Å². The number of nitrogens with zero attached hydrogens (tertiary/aromatic N) is 4. The molecule has 2 saturated heterocycles. The molecule has 2 aliphatic heterocycles. The molecular weight excluding hydrogens is 288 g/mol. The van der Waals surface area contributed by atoms with Crippen LogP contribution in [-0.4, -0.2) is 35.5 Å². The Morgan fingerprint density at radius 1 is 1.13 bits per heavy atom. The molecule has 0 unspecified atom stereocenters. The molecule has 2 aliphatic rings. The number of rotatable bonds is 2. The number of carbonyl (C=O) groups excluding carboxylic acids is 1. The molecule has 2 aromatic rings. The second-order valence-corrected chi connectivity index (χ2v) is 6.73. The molecular formula is C18H20N4O. The lowest BCUT2D eigenvalue weighted by molar-refractivity contribution is -0.117. The Hall–Kier alpha value is -2.43. The van der Waals surface area contributed by atoms with E-state index < -0.39 is 0 Å². The molecule has 4 rings (SSSR count). The second-order valence-electron chi connectivity index (χ2n) is 6.73. The van der Waals surface area contributed by atoms with Crippen LogP contribution in [0.3, 0.4) is 0 Å². The zero-order valence-corrected chi connectivity index (χ0v) is 13.3. The van der Waals surface area contributed by atoms with Gasteiger partial charge in [-0.25, -0.2) is 9.97 Å². The van der Waals surface area contributed by atoms with Crippen molar-refractivity contribution in [3.05, 3.63) is 48.4 Å². The summed E-state index contributed by atoms with van der Waals surface area (Å²) in [5, 5.41) is 0. The van der Waals surface area contributed by atoms with Crippen molar-refractivity contribution in [1.82, 2.24) is 9.97 Å². The SMILES string of the molecule is Cc1ccc(N2C[C@]3(CCN(c4ccncn4)C3)CC2=O)cc1. The van der Waals surface area contributed by atoms with E-state index in [4.69, 9.17) is 0 Å². The summed E-state index contributed by atoms with van der Waals surface area (Å²) in [4.78, 5) is 25.1. The van der Waals surface area contributed by atoms with Crippen molar-refractivity contribution in [2.24, 2.45) is 5.41 Å². The van der Waals surface area contributed by atoms with E-state index in [1.54, 1.807) is 12.5 Å². The molecule has 2 fully saturated rings. The van der Waals surface area contributed by atoms with Gasteiger partial charge >= 0.3 is 0 Å². The van der Waals surface area contributed by atoms with E-state index in [2.05, 4.69) is 33.9 Å². The minimum Gasteiger partial charge on any atom is -0.356 e. The Morgan fingerprint density at radius 3 is 2.70 bits per heavy atom. The lowest BCUT2D eigenvalue weighted by atomic mass is 9.86. The topological polar surface area (TPSA) is 49.3 Å². The van der Waals surface area contributed by atoms with E-state index in [0.29, 0.717) is 6.42 Å². The first-order valence-corrected chi connectivity index (χ1v) is 8.03. The van der Waals surface area contributed by atoms with Crippen LogP contribution < -0.4 is 9.80 Å². The van der Waals surface area contributed by atoms with Crippen molar-refractivity contribution in [2.75, 3.05) is 29.4 Å². The minimum absolute atomic E-state index is 0.0485. The third kappa shape index (κ3) is 2.56. The van der Waals surface area contributed by atoms with Gasteiger partial charge in [-0.15, -0.1) is 0 Å². The maximum atomic E-state index is 12.5. The van der Waals surface area contributed by atoms with Crippen molar-refractivity contribution < 1.29 is 4.79 Å². The Kier molecular flexibility index (Phi) is 3.29. The molecule has 1 atom stereocenters. The molecule has 1 aromatic carbocycles. The highest BCUT2D eigenvalue weighted by molar-refractivity contribution is 5.96. The summed E-state index contributed by atoms with van der Waals surface area (Å²) in [6, 6.07) is 10.2. The first kappa shape index (κ1) is 14.2. The summed E-state index contributed by atoms with van der Waals surface area (Å²) in [5.41, 5.74) is 2.27. The number of benzene rings is 1. The largest absolute Gasteiger partial charge is 0.356 e. The average Bonchev–Trinajstić information content (AvgIpc) is 3.13. The van der Waals surface area contributed by atoms with Crippen LogP contribution in [0.15, 0.2) is 42.9 Å². The van der Waals surface area contributed by atoms with Crippen molar-refractivity contribution >= 4 is 17.4 Å². The van der Waals surface area contributed by atoms with E-state index >= 15 is 0 Å².